The fourth-order valence-electron chi connectivity index (χ4n) is 3.74. The second-order valence-corrected chi connectivity index (χ2v) is 6.75. The maximum Gasteiger partial charge on any atom is 0.259 e. The molecule has 2 saturated heterocycles. The monoisotopic (exact) mass is 342 g/mol. The Hall–Kier alpha value is -2.18. The molecule has 0 radical (unpaired) electrons. The minimum Gasteiger partial charge on any atom is -0.347 e. The summed E-state index contributed by atoms with van der Waals surface area (Å²) in [6.45, 7) is 4.39. The van der Waals surface area contributed by atoms with Gasteiger partial charge in [-0.15, -0.1) is 0 Å². The van der Waals surface area contributed by atoms with Crippen molar-refractivity contribution in [2.45, 2.75) is 32.1 Å². The van der Waals surface area contributed by atoms with Crippen LogP contribution in [0.5, 0.6) is 0 Å². The van der Waals surface area contributed by atoms with E-state index in [1.807, 2.05) is 31.2 Å². The van der Waals surface area contributed by atoms with Crippen LogP contribution in [-0.2, 0) is 20.8 Å². The molecule has 0 atom stereocenters. The van der Waals surface area contributed by atoms with Crippen molar-refractivity contribution in [2.24, 2.45) is 0 Å². The molecule has 2 aliphatic rings. The van der Waals surface area contributed by atoms with Crippen LogP contribution in [0.2, 0.25) is 0 Å². The molecule has 1 amide bonds. The van der Waals surface area contributed by atoms with E-state index in [1.165, 1.54) is 0 Å². The summed E-state index contributed by atoms with van der Waals surface area (Å²) in [5, 5.41) is 1.55. The second-order valence-electron chi connectivity index (χ2n) is 6.75. The first-order chi connectivity index (χ1) is 12.1. The third-order valence-electron chi connectivity index (χ3n) is 5.21. The summed E-state index contributed by atoms with van der Waals surface area (Å²) < 4.78 is 13.0. The van der Waals surface area contributed by atoms with Crippen LogP contribution in [0.15, 0.2) is 35.1 Å². The number of pyridine rings is 1. The molecule has 6 heteroatoms. The van der Waals surface area contributed by atoms with E-state index in [1.54, 1.807) is 15.5 Å². The molecule has 1 spiro atoms. The first-order valence-corrected chi connectivity index (χ1v) is 8.73. The van der Waals surface area contributed by atoms with Crippen LogP contribution in [0.4, 0.5) is 0 Å². The van der Waals surface area contributed by atoms with Crippen molar-refractivity contribution in [3.8, 4) is 0 Å². The summed E-state index contributed by atoms with van der Waals surface area (Å²) >= 11 is 0. The van der Waals surface area contributed by atoms with Gasteiger partial charge in [0, 0.05) is 37.0 Å². The number of hydrogen-bond donors (Lipinski definition) is 0. The van der Waals surface area contributed by atoms with Crippen molar-refractivity contribution in [1.29, 1.82) is 0 Å². The minimum absolute atomic E-state index is 0.0340. The highest BCUT2D eigenvalue weighted by molar-refractivity contribution is 5.82. The number of nitrogens with zero attached hydrogens (tertiary/aromatic N) is 2. The van der Waals surface area contributed by atoms with Crippen molar-refractivity contribution in [3.05, 3.63) is 46.4 Å². The Morgan fingerprint density at radius 2 is 1.84 bits per heavy atom. The van der Waals surface area contributed by atoms with Crippen LogP contribution in [0, 0.1) is 6.92 Å². The number of piperidine rings is 1. The van der Waals surface area contributed by atoms with Crippen molar-refractivity contribution in [2.75, 3.05) is 26.3 Å². The van der Waals surface area contributed by atoms with E-state index < -0.39 is 5.79 Å². The van der Waals surface area contributed by atoms with E-state index in [4.69, 9.17) is 9.47 Å². The van der Waals surface area contributed by atoms with Gasteiger partial charge in [0.1, 0.15) is 6.54 Å². The van der Waals surface area contributed by atoms with Gasteiger partial charge < -0.3 is 18.9 Å². The summed E-state index contributed by atoms with van der Waals surface area (Å²) in [6, 6.07) is 9.43. The lowest BCUT2D eigenvalue weighted by Gasteiger charge is -2.37. The Bertz CT molecular complexity index is 857. The molecule has 3 heterocycles. The molecular formula is C19H22N2O4. The Morgan fingerprint density at radius 1 is 1.16 bits per heavy atom. The number of fused-ring (bicyclic) bond motifs is 1. The molecule has 25 heavy (non-hydrogen) atoms. The van der Waals surface area contributed by atoms with E-state index in [0.29, 0.717) is 44.5 Å². The third kappa shape index (κ3) is 2.96. The van der Waals surface area contributed by atoms with Crippen LogP contribution in [0.3, 0.4) is 0 Å². The maximum absolute atomic E-state index is 12.7. The summed E-state index contributed by atoms with van der Waals surface area (Å²) in [5.74, 6) is -0.528. The molecule has 0 saturated carbocycles. The molecule has 0 aliphatic carbocycles. The van der Waals surface area contributed by atoms with Gasteiger partial charge in [-0.3, -0.25) is 9.59 Å². The Morgan fingerprint density at radius 3 is 2.56 bits per heavy atom. The number of hydrogen-bond acceptors (Lipinski definition) is 4. The molecule has 0 unspecified atom stereocenters. The quantitative estimate of drug-likeness (QED) is 0.833. The lowest BCUT2D eigenvalue weighted by molar-refractivity contribution is -0.187. The predicted octanol–water partition coefficient (Wildman–Crippen LogP) is 1.68. The molecule has 1 aromatic carbocycles. The molecule has 0 N–H and O–H groups in total. The van der Waals surface area contributed by atoms with Crippen LogP contribution < -0.4 is 5.56 Å². The summed E-state index contributed by atoms with van der Waals surface area (Å²) in [5.41, 5.74) is 0.688. The Kier molecular flexibility index (Phi) is 4.09. The first kappa shape index (κ1) is 16.3. The number of benzene rings is 1. The number of carbonyl (C=O) groups is 1. The predicted molar refractivity (Wildman–Crippen MR) is 93.4 cm³/mol. The molecule has 2 fully saturated rings. The molecule has 2 aromatic rings. The standard InChI is InChI=1S/C19H22N2O4/c1-14-12-15-4-2-3-5-16(15)18(23)21(14)13-17(22)20-8-6-19(7-9-20)24-10-11-25-19/h2-5,12H,6-11,13H2,1H3. The van der Waals surface area contributed by atoms with E-state index in [9.17, 15) is 9.59 Å². The molecule has 2 aliphatic heterocycles. The number of amides is 1. The van der Waals surface area contributed by atoms with Crippen molar-refractivity contribution in [1.82, 2.24) is 9.47 Å². The fourth-order valence-corrected chi connectivity index (χ4v) is 3.74. The summed E-state index contributed by atoms with van der Waals surface area (Å²) in [7, 11) is 0. The number of rotatable bonds is 2. The molecule has 6 nitrogen and oxygen atoms in total. The number of ether oxygens (including phenoxy) is 2. The van der Waals surface area contributed by atoms with Gasteiger partial charge >= 0.3 is 0 Å². The fraction of sp³-hybridized carbons (Fsp3) is 0.474. The average molecular weight is 342 g/mol. The van der Waals surface area contributed by atoms with Gasteiger partial charge in [0.2, 0.25) is 5.91 Å². The zero-order chi connectivity index (χ0) is 17.4. The summed E-state index contributed by atoms with van der Waals surface area (Å²) in [4.78, 5) is 27.2. The van der Waals surface area contributed by atoms with Gasteiger partial charge in [-0.25, -0.2) is 0 Å². The van der Waals surface area contributed by atoms with Gasteiger partial charge in [-0.1, -0.05) is 18.2 Å². The SMILES string of the molecule is Cc1cc2ccccc2c(=O)n1CC(=O)N1CCC2(CC1)OCCO2. The minimum atomic E-state index is -0.494. The number of carbonyl (C=O) groups excluding carboxylic acids is 1. The molecule has 132 valence electrons. The van der Waals surface area contributed by atoms with Crippen LogP contribution in [0.25, 0.3) is 10.8 Å². The molecule has 4 rings (SSSR count). The number of likely N-dealkylation sites (tertiary alicyclic amines) is 1. The van der Waals surface area contributed by atoms with E-state index in [-0.39, 0.29) is 18.0 Å². The average Bonchev–Trinajstić information content (AvgIpc) is 3.07. The second kappa shape index (κ2) is 6.28. The Labute approximate surface area is 145 Å². The smallest absolute Gasteiger partial charge is 0.259 e. The largest absolute Gasteiger partial charge is 0.347 e. The highest BCUT2D eigenvalue weighted by Gasteiger charge is 2.40. The van der Waals surface area contributed by atoms with Gasteiger partial charge in [0.25, 0.3) is 5.56 Å². The third-order valence-corrected chi connectivity index (χ3v) is 5.21. The zero-order valence-electron chi connectivity index (χ0n) is 14.4. The van der Waals surface area contributed by atoms with E-state index in [0.717, 1.165) is 11.1 Å². The molecular weight excluding hydrogens is 320 g/mol. The number of aryl methyl sites for hydroxylation is 1. The summed E-state index contributed by atoms with van der Waals surface area (Å²) in [6.07, 6.45) is 1.37. The highest BCUT2D eigenvalue weighted by atomic mass is 16.7. The molecule has 1 aromatic heterocycles. The van der Waals surface area contributed by atoms with Crippen LogP contribution >= 0.6 is 0 Å². The van der Waals surface area contributed by atoms with E-state index >= 15 is 0 Å². The van der Waals surface area contributed by atoms with Gasteiger partial charge in [-0.2, -0.15) is 0 Å². The van der Waals surface area contributed by atoms with Gasteiger partial charge in [-0.05, 0) is 24.4 Å². The van der Waals surface area contributed by atoms with Crippen molar-refractivity contribution < 1.29 is 14.3 Å². The lowest BCUT2D eigenvalue weighted by Crippen LogP contribution is -2.48. The van der Waals surface area contributed by atoms with Crippen molar-refractivity contribution >= 4 is 16.7 Å². The van der Waals surface area contributed by atoms with Crippen molar-refractivity contribution in [3.63, 3.8) is 0 Å². The Balaban J connectivity index is 1.52. The van der Waals surface area contributed by atoms with E-state index in [2.05, 4.69) is 0 Å². The lowest BCUT2D eigenvalue weighted by atomic mass is 10.0. The normalized spacial score (nSPS) is 19.6. The number of aromatic nitrogens is 1. The maximum atomic E-state index is 12.7. The van der Waals surface area contributed by atoms with Gasteiger partial charge in [0.05, 0.1) is 13.2 Å². The topological polar surface area (TPSA) is 60.8 Å². The molecule has 0 bridgehead atoms. The van der Waals surface area contributed by atoms with Gasteiger partial charge in [0.15, 0.2) is 5.79 Å². The highest BCUT2D eigenvalue weighted by Crippen LogP contribution is 2.31. The first-order valence-electron chi connectivity index (χ1n) is 8.73. The van der Waals surface area contributed by atoms with Crippen LogP contribution in [0.1, 0.15) is 18.5 Å². The zero-order valence-corrected chi connectivity index (χ0v) is 14.4. The van der Waals surface area contributed by atoms with Crippen LogP contribution in [-0.4, -0.2) is 47.5 Å².